The summed E-state index contributed by atoms with van der Waals surface area (Å²) in [6, 6.07) is 71.4. The summed E-state index contributed by atoms with van der Waals surface area (Å²) in [6.45, 7) is 0. The average Bonchev–Trinajstić information content (AvgIpc) is 3.19. The minimum atomic E-state index is 1.22. The summed E-state index contributed by atoms with van der Waals surface area (Å²) < 4.78 is 0. The Labute approximate surface area is 291 Å². The largest absolute Gasteiger partial charge is 0.0622 e. The molecule has 0 aromatic heterocycles. The van der Waals surface area contributed by atoms with E-state index < -0.39 is 0 Å². The molecule has 0 saturated heterocycles. The molecule has 0 fully saturated rings. The van der Waals surface area contributed by atoms with Crippen molar-refractivity contribution in [3.63, 3.8) is 0 Å². The molecule has 10 aromatic carbocycles. The van der Waals surface area contributed by atoms with Crippen LogP contribution in [0.4, 0.5) is 0 Å². The van der Waals surface area contributed by atoms with Crippen molar-refractivity contribution in [1.29, 1.82) is 0 Å². The van der Waals surface area contributed by atoms with Gasteiger partial charge in [-0.25, -0.2) is 0 Å². The maximum Gasteiger partial charge on any atom is -0.00137 e. The van der Waals surface area contributed by atoms with Crippen molar-refractivity contribution in [3.05, 3.63) is 194 Å². The fourth-order valence-corrected chi connectivity index (χ4v) is 8.20. The number of benzene rings is 10. The van der Waals surface area contributed by atoms with Gasteiger partial charge in [0.05, 0.1) is 0 Å². The molecule has 0 N–H and O–H groups in total. The summed E-state index contributed by atoms with van der Waals surface area (Å²) in [5.74, 6) is 0. The van der Waals surface area contributed by atoms with Crippen molar-refractivity contribution >= 4 is 53.9 Å². The molecule has 0 amide bonds. The van der Waals surface area contributed by atoms with Gasteiger partial charge in [0.2, 0.25) is 0 Å². The van der Waals surface area contributed by atoms with Crippen LogP contribution in [0.5, 0.6) is 0 Å². The molecule has 10 rings (SSSR count). The number of hydrogen-bond acceptors (Lipinski definition) is 0. The second-order valence-corrected chi connectivity index (χ2v) is 13.2. The maximum atomic E-state index is 2.42. The molecule has 0 aliphatic rings. The highest BCUT2D eigenvalue weighted by molar-refractivity contribution is 6.31. The lowest BCUT2D eigenvalue weighted by atomic mass is 9.79. The molecule has 0 atom stereocenters. The summed E-state index contributed by atoms with van der Waals surface area (Å²) in [7, 11) is 0. The molecule has 0 aliphatic heterocycles. The Morgan fingerprint density at radius 3 is 1.34 bits per heavy atom. The molecule has 0 nitrogen and oxygen atoms in total. The summed E-state index contributed by atoms with van der Waals surface area (Å²) in [5, 5.41) is 12.6. The molecular formula is C50H32. The second kappa shape index (κ2) is 11.6. The summed E-state index contributed by atoms with van der Waals surface area (Å²) in [5.41, 5.74) is 10.0. The van der Waals surface area contributed by atoms with Crippen LogP contribution < -0.4 is 0 Å². The van der Waals surface area contributed by atoms with Gasteiger partial charge in [-0.15, -0.1) is 0 Å². The molecule has 232 valence electrons. The van der Waals surface area contributed by atoms with Gasteiger partial charge in [-0.1, -0.05) is 182 Å². The van der Waals surface area contributed by atoms with Crippen LogP contribution in [0.2, 0.25) is 0 Å². The van der Waals surface area contributed by atoms with E-state index in [1.807, 2.05) is 0 Å². The zero-order valence-electron chi connectivity index (χ0n) is 27.5. The zero-order valence-corrected chi connectivity index (χ0v) is 27.5. The highest BCUT2D eigenvalue weighted by atomic mass is 14.3. The van der Waals surface area contributed by atoms with E-state index in [2.05, 4.69) is 194 Å². The highest BCUT2D eigenvalue weighted by Crippen LogP contribution is 2.51. The third-order valence-corrected chi connectivity index (χ3v) is 10.4. The quantitative estimate of drug-likeness (QED) is 0.134. The number of hydrogen-bond donors (Lipinski definition) is 0. The van der Waals surface area contributed by atoms with Gasteiger partial charge in [0.25, 0.3) is 0 Å². The van der Waals surface area contributed by atoms with E-state index in [1.165, 1.54) is 98.4 Å². The number of rotatable bonds is 4. The van der Waals surface area contributed by atoms with E-state index in [4.69, 9.17) is 0 Å². The summed E-state index contributed by atoms with van der Waals surface area (Å²) in [4.78, 5) is 0. The molecule has 0 aliphatic carbocycles. The van der Waals surface area contributed by atoms with Crippen molar-refractivity contribution in [1.82, 2.24) is 0 Å². The summed E-state index contributed by atoms with van der Waals surface area (Å²) >= 11 is 0. The third-order valence-electron chi connectivity index (χ3n) is 10.4. The van der Waals surface area contributed by atoms with Gasteiger partial charge in [0, 0.05) is 0 Å². The predicted octanol–water partition coefficient (Wildman–Crippen LogP) is 14.1. The fraction of sp³-hybridized carbons (Fsp3) is 0. The standard InChI is InChI=1S/C50H32/c1-3-15-33(16-4-1)41-29-27-35-19-9-11-23-39(35)47(41)49-42-25-13-14-26-43(42)50(48-40-24-12-10-20-36(40)28-30-44(48)49)46-32-38-22-8-7-21-37(38)31-45(46)34-17-5-2-6-18-34/h1-32H. The van der Waals surface area contributed by atoms with Crippen LogP contribution in [-0.4, -0.2) is 0 Å². The minimum absolute atomic E-state index is 1.22. The Balaban J connectivity index is 1.45. The first-order valence-corrected chi connectivity index (χ1v) is 17.4. The van der Waals surface area contributed by atoms with E-state index in [0.29, 0.717) is 0 Å². The Morgan fingerprint density at radius 1 is 0.220 bits per heavy atom. The van der Waals surface area contributed by atoms with E-state index in [9.17, 15) is 0 Å². The lowest BCUT2D eigenvalue weighted by Gasteiger charge is -2.23. The van der Waals surface area contributed by atoms with Crippen LogP contribution in [0.25, 0.3) is 98.4 Å². The Morgan fingerprint density at radius 2 is 0.680 bits per heavy atom. The second-order valence-electron chi connectivity index (χ2n) is 13.2. The SMILES string of the molecule is c1ccc(-c2cc3ccccc3cc2-c2c3ccccc3c(-c3c(-c4ccccc4)ccc4ccccc34)c3ccc4ccccc4c23)cc1. The lowest BCUT2D eigenvalue weighted by molar-refractivity contribution is 1.62. The van der Waals surface area contributed by atoms with Gasteiger partial charge >= 0.3 is 0 Å². The summed E-state index contributed by atoms with van der Waals surface area (Å²) in [6.07, 6.45) is 0. The predicted molar refractivity (Wildman–Crippen MR) is 216 cm³/mol. The van der Waals surface area contributed by atoms with E-state index in [0.717, 1.165) is 0 Å². The normalized spacial score (nSPS) is 11.6. The van der Waals surface area contributed by atoms with Crippen LogP contribution in [0.3, 0.4) is 0 Å². The van der Waals surface area contributed by atoms with Gasteiger partial charge in [-0.2, -0.15) is 0 Å². The lowest BCUT2D eigenvalue weighted by Crippen LogP contribution is -1.96. The third kappa shape index (κ3) is 4.46. The topological polar surface area (TPSA) is 0 Å². The first-order chi connectivity index (χ1) is 24.8. The van der Waals surface area contributed by atoms with E-state index in [1.54, 1.807) is 0 Å². The molecule has 0 spiro atoms. The van der Waals surface area contributed by atoms with Crippen LogP contribution in [0.15, 0.2) is 194 Å². The van der Waals surface area contributed by atoms with Gasteiger partial charge in [0.15, 0.2) is 0 Å². The van der Waals surface area contributed by atoms with Crippen molar-refractivity contribution in [2.75, 3.05) is 0 Å². The van der Waals surface area contributed by atoms with Crippen molar-refractivity contribution in [2.45, 2.75) is 0 Å². The van der Waals surface area contributed by atoms with Gasteiger partial charge in [0.1, 0.15) is 0 Å². The molecule has 10 aromatic rings. The first kappa shape index (κ1) is 28.5. The Bertz CT molecular complexity index is 2900. The molecule has 0 radical (unpaired) electrons. The van der Waals surface area contributed by atoms with Crippen LogP contribution in [0, 0.1) is 0 Å². The monoisotopic (exact) mass is 632 g/mol. The van der Waals surface area contributed by atoms with Crippen LogP contribution >= 0.6 is 0 Å². The smallest absolute Gasteiger partial charge is 0.00137 e. The average molecular weight is 633 g/mol. The van der Waals surface area contributed by atoms with Gasteiger partial charge < -0.3 is 0 Å². The molecule has 0 bridgehead atoms. The first-order valence-electron chi connectivity index (χ1n) is 17.4. The highest BCUT2D eigenvalue weighted by Gasteiger charge is 2.24. The van der Waals surface area contributed by atoms with E-state index >= 15 is 0 Å². The molecule has 0 heterocycles. The van der Waals surface area contributed by atoms with Gasteiger partial charge in [-0.3, -0.25) is 0 Å². The van der Waals surface area contributed by atoms with Crippen molar-refractivity contribution in [2.24, 2.45) is 0 Å². The Hall–Kier alpha value is -6.50. The van der Waals surface area contributed by atoms with Gasteiger partial charge in [-0.05, 0) is 111 Å². The van der Waals surface area contributed by atoms with E-state index in [-0.39, 0.29) is 0 Å². The Kier molecular flexibility index (Phi) is 6.60. The van der Waals surface area contributed by atoms with Crippen molar-refractivity contribution in [3.8, 4) is 44.5 Å². The molecule has 50 heavy (non-hydrogen) atoms. The minimum Gasteiger partial charge on any atom is -0.0622 e. The van der Waals surface area contributed by atoms with Crippen LogP contribution in [0.1, 0.15) is 0 Å². The van der Waals surface area contributed by atoms with Crippen LogP contribution in [-0.2, 0) is 0 Å². The van der Waals surface area contributed by atoms with Crippen molar-refractivity contribution < 1.29 is 0 Å². The zero-order chi connectivity index (χ0) is 33.0. The molecule has 0 heteroatoms. The molecular weight excluding hydrogens is 601 g/mol. The maximum absolute atomic E-state index is 2.42. The molecule has 0 saturated carbocycles. The number of fused-ring (bicyclic) bond motifs is 6. The molecule has 0 unspecified atom stereocenters. The fourth-order valence-electron chi connectivity index (χ4n) is 8.20.